The molecule has 1 aliphatic rings. The topological polar surface area (TPSA) is 63.6 Å². The van der Waals surface area contributed by atoms with Crippen LogP contribution >= 0.6 is 0 Å². The molecule has 0 amide bonds. The lowest BCUT2D eigenvalue weighted by Gasteiger charge is -2.27. The van der Waals surface area contributed by atoms with Gasteiger partial charge in [0.15, 0.2) is 9.84 Å². The van der Waals surface area contributed by atoms with Crippen molar-refractivity contribution in [3.63, 3.8) is 0 Å². The minimum atomic E-state index is -3.49. The first kappa shape index (κ1) is 11.6. The Morgan fingerprint density at radius 3 is 2.56 bits per heavy atom. The minimum Gasteiger partial charge on any atom is -0.392 e. The Kier molecular flexibility index (Phi) is 3.28. The van der Waals surface area contributed by atoms with Gasteiger partial charge in [-0.15, -0.1) is 0 Å². The summed E-state index contributed by atoms with van der Waals surface area (Å²) in [5, 5.41) is 8.86. The summed E-state index contributed by atoms with van der Waals surface area (Å²) >= 11 is 0. The van der Waals surface area contributed by atoms with Gasteiger partial charge in [0.1, 0.15) is 5.25 Å². The van der Waals surface area contributed by atoms with E-state index in [2.05, 4.69) is 0 Å². The van der Waals surface area contributed by atoms with Gasteiger partial charge in [-0.25, -0.2) is 8.42 Å². The predicted molar refractivity (Wildman–Crippen MR) is 58.9 cm³/mol. The van der Waals surface area contributed by atoms with E-state index in [9.17, 15) is 13.5 Å². The Labute approximate surface area is 94.8 Å². The SMILES string of the molecule is O=S(=O)(c1ccccc1)C1COCCC1O. The van der Waals surface area contributed by atoms with E-state index >= 15 is 0 Å². The van der Waals surface area contributed by atoms with Crippen LogP contribution < -0.4 is 0 Å². The normalized spacial score (nSPS) is 26.6. The van der Waals surface area contributed by atoms with Crippen molar-refractivity contribution in [3.8, 4) is 0 Å². The lowest BCUT2D eigenvalue weighted by atomic mass is 10.1. The highest BCUT2D eigenvalue weighted by molar-refractivity contribution is 7.92. The third-order valence-corrected chi connectivity index (χ3v) is 4.92. The largest absolute Gasteiger partial charge is 0.392 e. The zero-order valence-electron chi connectivity index (χ0n) is 8.74. The summed E-state index contributed by atoms with van der Waals surface area (Å²) in [7, 11) is -3.49. The predicted octanol–water partition coefficient (Wildman–Crippen LogP) is 0.610. The molecule has 2 unspecified atom stereocenters. The first-order valence-electron chi connectivity index (χ1n) is 5.17. The number of sulfone groups is 1. The maximum atomic E-state index is 12.2. The fourth-order valence-corrected chi connectivity index (χ4v) is 3.49. The lowest BCUT2D eigenvalue weighted by Crippen LogP contribution is -2.42. The molecule has 1 aliphatic heterocycles. The highest BCUT2D eigenvalue weighted by Gasteiger charge is 2.36. The molecule has 16 heavy (non-hydrogen) atoms. The van der Waals surface area contributed by atoms with Crippen LogP contribution in [-0.2, 0) is 14.6 Å². The minimum absolute atomic E-state index is 0.0679. The maximum Gasteiger partial charge on any atom is 0.186 e. The molecule has 1 heterocycles. The molecular weight excluding hydrogens is 228 g/mol. The lowest BCUT2D eigenvalue weighted by molar-refractivity contribution is 0.0175. The molecule has 0 spiro atoms. The molecule has 1 fully saturated rings. The van der Waals surface area contributed by atoms with E-state index < -0.39 is 21.2 Å². The molecule has 2 atom stereocenters. The van der Waals surface area contributed by atoms with Gasteiger partial charge in [0.05, 0.1) is 17.6 Å². The number of hydrogen-bond acceptors (Lipinski definition) is 4. The van der Waals surface area contributed by atoms with Crippen molar-refractivity contribution in [2.45, 2.75) is 22.7 Å². The molecule has 5 heteroatoms. The van der Waals surface area contributed by atoms with Gasteiger partial charge in [-0.1, -0.05) is 18.2 Å². The van der Waals surface area contributed by atoms with Crippen molar-refractivity contribution in [1.29, 1.82) is 0 Å². The summed E-state index contributed by atoms with van der Waals surface area (Å²) in [6, 6.07) is 8.17. The monoisotopic (exact) mass is 242 g/mol. The maximum absolute atomic E-state index is 12.2. The number of hydrogen-bond donors (Lipinski definition) is 1. The third kappa shape index (κ3) is 2.11. The zero-order chi connectivity index (χ0) is 11.6. The van der Waals surface area contributed by atoms with Crippen molar-refractivity contribution in [1.82, 2.24) is 0 Å². The Bertz CT molecular complexity index is 440. The Morgan fingerprint density at radius 2 is 1.94 bits per heavy atom. The summed E-state index contributed by atoms with van der Waals surface area (Å²) < 4.78 is 29.4. The number of benzene rings is 1. The van der Waals surface area contributed by atoms with E-state index in [4.69, 9.17) is 4.74 Å². The van der Waals surface area contributed by atoms with Crippen LogP contribution in [0.15, 0.2) is 35.2 Å². The number of rotatable bonds is 2. The molecule has 0 bridgehead atoms. The van der Waals surface area contributed by atoms with Gasteiger partial charge in [-0.3, -0.25) is 0 Å². The van der Waals surface area contributed by atoms with Crippen LogP contribution in [0.2, 0.25) is 0 Å². The third-order valence-electron chi connectivity index (χ3n) is 2.74. The molecule has 0 radical (unpaired) electrons. The fraction of sp³-hybridized carbons (Fsp3) is 0.455. The Hall–Kier alpha value is -0.910. The number of ether oxygens (including phenoxy) is 1. The van der Waals surface area contributed by atoms with Crippen molar-refractivity contribution >= 4 is 9.84 Å². The zero-order valence-corrected chi connectivity index (χ0v) is 9.56. The summed E-state index contributed by atoms with van der Waals surface area (Å²) in [6.45, 7) is 0.486. The Balaban J connectivity index is 2.32. The van der Waals surface area contributed by atoms with Crippen molar-refractivity contribution in [3.05, 3.63) is 30.3 Å². The van der Waals surface area contributed by atoms with Gasteiger partial charge in [0.25, 0.3) is 0 Å². The van der Waals surface area contributed by atoms with Crippen LogP contribution in [0, 0.1) is 0 Å². The van der Waals surface area contributed by atoms with Gasteiger partial charge >= 0.3 is 0 Å². The molecule has 1 aromatic rings. The van der Waals surface area contributed by atoms with Gasteiger partial charge in [-0.2, -0.15) is 0 Å². The van der Waals surface area contributed by atoms with Crippen LogP contribution in [0.1, 0.15) is 6.42 Å². The van der Waals surface area contributed by atoms with Gasteiger partial charge < -0.3 is 9.84 Å². The average molecular weight is 242 g/mol. The summed E-state index contributed by atoms with van der Waals surface area (Å²) in [4.78, 5) is 0.240. The molecule has 2 rings (SSSR count). The smallest absolute Gasteiger partial charge is 0.186 e. The van der Waals surface area contributed by atoms with Gasteiger partial charge in [-0.05, 0) is 18.6 Å². The molecule has 4 nitrogen and oxygen atoms in total. The number of aliphatic hydroxyl groups excluding tert-OH is 1. The van der Waals surface area contributed by atoms with E-state index in [0.717, 1.165) is 0 Å². The van der Waals surface area contributed by atoms with E-state index in [1.54, 1.807) is 18.2 Å². The standard InChI is InChI=1S/C11H14O4S/c12-10-6-7-15-8-11(10)16(13,14)9-4-2-1-3-5-9/h1-5,10-12H,6-8H2. The molecule has 0 saturated carbocycles. The van der Waals surface area contributed by atoms with E-state index in [1.165, 1.54) is 12.1 Å². The molecule has 1 saturated heterocycles. The van der Waals surface area contributed by atoms with Crippen LogP contribution in [0.3, 0.4) is 0 Å². The summed E-state index contributed by atoms with van der Waals surface area (Å²) in [6.07, 6.45) is -0.463. The molecule has 0 aliphatic carbocycles. The van der Waals surface area contributed by atoms with Crippen LogP contribution in [0.4, 0.5) is 0 Å². The second-order valence-corrected chi connectivity index (χ2v) is 5.99. The quantitative estimate of drug-likeness (QED) is 0.825. The Morgan fingerprint density at radius 1 is 1.25 bits per heavy atom. The van der Waals surface area contributed by atoms with Gasteiger partial charge in [0.2, 0.25) is 0 Å². The molecular formula is C11H14O4S. The van der Waals surface area contributed by atoms with Crippen molar-refractivity contribution < 1.29 is 18.3 Å². The van der Waals surface area contributed by atoms with Crippen molar-refractivity contribution in [2.75, 3.05) is 13.2 Å². The van der Waals surface area contributed by atoms with Crippen LogP contribution in [0.25, 0.3) is 0 Å². The highest BCUT2D eigenvalue weighted by Crippen LogP contribution is 2.22. The molecule has 0 aromatic heterocycles. The summed E-state index contributed by atoms with van der Waals surface area (Å²) in [5.41, 5.74) is 0. The molecule has 1 N–H and O–H groups in total. The number of aliphatic hydroxyl groups is 1. The average Bonchev–Trinajstić information content (AvgIpc) is 2.30. The van der Waals surface area contributed by atoms with E-state index in [-0.39, 0.29) is 11.5 Å². The second kappa shape index (κ2) is 4.53. The van der Waals surface area contributed by atoms with E-state index in [0.29, 0.717) is 13.0 Å². The second-order valence-electron chi connectivity index (χ2n) is 3.83. The molecule has 1 aromatic carbocycles. The van der Waals surface area contributed by atoms with E-state index in [1.807, 2.05) is 0 Å². The first-order valence-corrected chi connectivity index (χ1v) is 6.72. The van der Waals surface area contributed by atoms with Gasteiger partial charge in [0, 0.05) is 6.61 Å². The first-order chi connectivity index (χ1) is 7.62. The summed E-state index contributed by atoms with van der Waals surface area (Å²) in [5.74, 6) is 0. The van der Waals surface area contributed by atoms with Crippen LogP contribution in [0.5, 0.6) is 0 Å². The van der Waals surface area contributed by atoms with Crippen LogP contribution in [-0.4, -0.2) is 38.1 Å². The molecule has 88 valence electrons. The van der Waals surface area contributed by atoms with Crippen molar-refractivity contribution in [2.24, 2.45) is 0 Å². The highest BCUT2D eigenvalue weighted by atomic mass is 32.2. The fourth-order valence-electron chi connectivity index (χ4n) is 1.78.